The van der Waals surface area contributed by atoms with Gasteiger partial charge in [-0.05, 0) is 58.5 Å². The summed E-state index contributed by atoms with van der Waals surface area (Å²) >= 11 is 0. The van der Waals surface area contributed by atoms with E-state index in [0.717, 1.165) is 77.3 Å². The van der Waals surface area contributed by atoms with Crippen molar-refractivity contribution in [3.05, 3.63) is 11.4 Å². The standard InChI is InChI=1S/C22H36N6O/c1-19-6-2-8-25(19)10-4-12-27-14-15-28(22(27)20(16-23)17-24)13-5-11-26-9-3-7-21(26)18-29/h19,21,29H,2-15,18H2,1H3/t19?,21-/m1/s1. The second kappa shape index (κ2) is 10.8. The maximum absolute atomic E-state index is 9.50. The number of rotatable bonds is 9. The Morgan fingerprint density at radius 3 is 2.03 bits per heavy atom. The first kappa shape index (κ1) is 21.9. The normalized spacial score (nSPS) is 25.6. The van der Waals surface area contributed by atoms with Crippen molar-refractivity contribution in [1.82, 2.24) is 19.6 Å². The van der Waals surface area contributed by atoms with Crippen LogP contribution in [0.3, 0.4) is 0 Å². The summed E-state index contributed by atoms with van der Waals surface area (Å²) < 4.78 is 0. The van der Waals surface area contributed by atoms with Crippen LogP contribution in [-0.2, 0) is 0 Å². The highest BCUT2D eigenvalue weighted by atomic mass is 16.3. The fraction of sp³-hybridized carbons (Fsp3) is 0.818. The first-order valence-corrected chi connectivity index (χ1v) is 11.3. The Morgan fingerprint density at radius 2 is 1.48 bits per heavy atom. The minimum atomic E-state index is 0.241. The highest BCUT2D eigenvalue weighted by molar-refractivity contribution is 5.40. The molecular weight excluding hydrogens is 364 g/mol. The van der Waals surface area contributed by atoms with Gasteiger partial charge >= 0.3 is 0 Å². The summed E-state index contributed by atoms with van der Waals surface area (Å²) in [6.45, 7) is 10.4. The average Bonchev–Trinajstić information content (AvgIpc) is 3.45. The molecular formula is C22H36N6O. The Kier molecular flexibility index (Phi) is 8.18. The van der Waals surface area contributed by atoms with Crippen LogP contribution in [-0.4, -0.2) is 95.8 Å². The molecule has 1 N–H and O–H groups in total. The van der Waals surface area contributed by atoms with E-state index in [0.29, 0.717) is 12.1 Å². The smallest absolute Gasteiger partial charge is 0.169 e. The van der Waals surface area contributed by atoms with E-state index >= 15 is 0 Å². The summed E-state index contributed by atoms with van der Waals surface area (Å²) in [4.78, 5) is 9.41. The van der Waals surface area contributed by atoms with E-state index in [1.165, 1.54) is 19.4 Å². The van der Waals surface area contributed by atoms with Crippen LogP contribution in [0.2, 0.25) is 0 Å². The van der Waals surface area contributed by atoms with Crippen LogP contribution < -0.4 is 0 Å². The molecule has 160 valence electrons. The number of nitrogens with zero attached hydrogens (tertiary/aromatic N) is 6. The third-order valence-corrected chi connectivity index (χ3v) is 6.83. The Hall–Kier alpha value is -1.80. The molecule has 29 heavy (non-hydrogen) atoms. The first-order valence-electron chi connectivity index (χ1n) is 11.3. The molecule has 1 unspecified atom stereocenters. The summed E-state index contributed by atoms with van der Waals surface area (Å²) in [5.74, 6) is 0.838. The molecule has 3 aliphatic heterocycles. The van der Waals surface area contributed by atoms with Gasteiger partial charge in [-0.2, -0.15) is 10.5 Å². The molecule has 0 saturated carbocycles. The van der Waals surface area contributed by atoms with Crippen molar-refractivity contribution in [1.29, 1.82) is 10.5 Å². The Bertz CT molecular complexity index is 635. The molecule has 0 aromatic carbocycles. The highest BCUT2D eigenvalue weighted by Gasteiger charge is 2.29. The van der Waals surface area contributed by atoms with Crippen molar-refractivity contribution in [3.8, 4) is 12.1 Å². The molecule has 7 heteroatoms. The molecule has 0 amide bonds. The fourth-order valence-corrected chi connectivity index (χ4v) is 5.18. The van der Waals surface area contributed by atoms with Gasteiger partial charge in [-0.3, -0.25) is 4.90 Å². The summed E-state index contributed by atoms with van der Waals surface area (Å²) in [5, 5.41) is 28.5. The zero-order valence-corrected chi connectivity index (χ0v) is 17.9. The van der Waals surface area contributed by atoms with Crippen molar-refractivity contribution in [2.24, 2.45) is 0 Å². The lowest BCUT2D eigenvalue weighted by Gasteiger charge is -2.28. The zero-order chi connectivity index (χ0) is 20.6. The maximum Gasteiger partial charge on any atom is 0.169 e. The summed E-state index contributed by atoms with van der Waals surface area (Å²) in [5.41, 5.74) is 0.242. The van der Waals surface area contributed by atoms with Gasteiger partial charge in [0.05, 0.1) is 6.61 Å². The molecule has 0 spiro atoms. The van der Waals surface area contributed by atoms with Gasteiger partial charge in [0.25, 0.3) is 0 Å². The lowest BCUT2D eigenvalue weighted by Crippen LogP contribution is -2.35. The summed E-state index contributed by atoms with van der Waals surface area (Å²) in [7, 11) is 0. The second-order valence-corrected chi connectivity index (χ2v) is 8.65. The maximum atomic E-state index is 9.50. The van der Waals surface area contributed by atoms with Crippen molar-refractivity contribution < 1.29 is 5.11 Å². The number of likely N-dealkylation sites (tertiary alicyclic amines) is 2. The van der Waals surface area contributed by atoms with Gasteiger partial charge in [-0.15, -0.1) is 0 Å². The molecule has 2 atom stereocenters. The van der Waals surface area contributed by atoms with Crippen LogP contribution in [0.25, 0.3) is 0 Å². The molecule has 3 fully saturated rings. The van der Waals surface area contributed by atoms with Crippen molar-refractivity contribution in [2.45, 2.75) is 57.5 Å². The average molecular weight is 401 g/mol. The van der Waals surface area contributed by atoms with Crippen LogP contribution in [0.4, 0.5) is 0 Å². The van der Waals surface area contributed by atoms with E-state index in [4.69, 9.17) is 0 Å². The number of allylic oxidation sites excluding steroid dienone is 1. The first-order chi connectivity index (χ1) is 14.2. The Labute approximate surface area is 175 Å². The van der Waals surface area contributed by atoms with E-state index in [9.17, 15) is 15.6 Å². The largest absolute Gasteiger partial charge is 0.395 e. The van der Waals surface area contributed by atoms with E-state index in [-0.39, 0.29) is 12.2 Å². The lowest BCUT2D eigenvalue weighted by molar-refractivity contribution is 0.154. The highest BCUT2D eigenvalue weighted by Crippen LogP contribution is 2.24. The topological polar surface area (TPSA) is 80.8 Å². The van der Waals surface area contributed by atoms with Crippen molar-refractivity contribution in [3.63, 3.8) is 0 Å². The SMILES string of the molecule is CC1CCCN1CCCN1CCN(CCCN2CCC[C@@H]2CO)C1=C(C#N)C#N. The monoisotopic (exact) mass is 400 g/mol. The lowest BCUT2D eigenvalue weighted by atomic mass is 10.2. The molecule has 0 aromatic rings. The molecule has 3 rings (SSSR count). The van der Waals surface area contributed by atoms with E-state index in [2.05, 4.69) is 38.7 Å². The van der Waals surface area contributed by atoms with Crippen molar-refractivity contribution >= 4 is 0 Å². The third kappa shape index (κ3) is 5.42. The van der Waals surface area contributed by atoms with Gasteiger partial charge in [0.2, 0.25) is 0 Å². The van der Waals surface area contributed by atoms with Gasteiger partial charge in [-0.25, -0.2) is 0 Å². The molecule has 0 aliphatic carbocycles. The Balaban J connectivity index is 1.53. The van der Waals surface area contributed by atoms with Gasteiger partial charge < -0.3 is 19.8 Å². The molecule has 0 bridgehead atoms. The second-order valence-electron chi connectivity index (χ2n) is 8.65. The minimum absolute atomic E-state index is 0.241. The predicted octanol–water partition coefficient (Wildman–Crippen LogP) is 1.58. The predicted molar refractivity (Wildman–Crippen MR) is 113 cm³/mol. The molecule has 7 nitrogen and oxygen atoms in total. The van der Waals surface area contributed by atoms with Gasteiger partial charge in [0.1, 0.15) is 18.0 Å². The molecule has 0 radical (unpaired) electrons. The summed E-state index contributed by atoms with van der Waals surface area (Å²) in [6, 6.07) is 5.23. The van der Waals surface area contributed by atoms with Crippen LogP contribution in [0.5, 0.6) is 0 Å². The van der Waals surface area contributed by atoms with Gasteiger partial charge in [0, 0.05) is 51.4 Å². The van der Waals surface area contributed by atoms with Crippen molar-refractivity contribution in [2.75, 3.05) is 59.0 Å². The van der Waals surface area contributed by atoms with Crippen LogP contribution in [0.1, 0.15) is 45.4 Å². The molecule has 3 heterocycles. The van der Waals surface area contributed by atoms with Crippen LogP contribution >= 0.6 is 0 Å². The van der Waals surface area contributed by atoms with E-state index < -0.39 is 0 Å². The van der Waals surface area contributed by atoms with Gasteiger partial charge in [0.15, 0.2) is 5.57 Å². The number of nitriles is 2. The number of hydrogen-bond donors (Lipinski definition) is 1. The van der Waals surface area contributed by atoms with E-state index in [1.807, 2.05) is 0 Å². The molecule has 3 saturated heterocycles. The molecule has 3 aliphatic rings. The fourth-order valence-electron chi connectivity index (χ4n) is 5.18. The van der Waals surface area contributed by atoms with Crippen LogP contribution in [0.15, 0.2) is 11.4 Å². The van der Waals surface area contributed by atoms with Crippen LogP contribution in [0, 0.1) is 22.7 Å². The minimum Gasteiger partial charge on any atom is -0.395 e. The zero-order valence-electron chi connectivity index (χ0n) is 17.9. The number of aliphatic hydroxyl groups excluding tert-OH is 1. The number of aliphatic hydroxyl groups is 1. The summed E-state index contributed by atoms with van der Waals surface area (Å²) in [6.07, 6.45) is 6.90. The van der Waals surface area contributed by atoms with E-state index in [1.54, 1.807) is 0 Å². The Morgan fingerprint density at radius 1 is 0.897 bits per heavy atom. The molecule has 0 aromatic heterocycles. The third-order valence-electron chi connectivity index (χ3n) is 6.83. The quantitative estimate of drug-likeness (QED) is 0.589. The number of hydrogen-bond acceptors (Lipinski definition) is 7. The van der Waals surface area contributed by atoms with Gasteiger partial charge in [-0.1, -0.05) is 0 Å².